The molecule has 0 saturated carbocycles. The third-order valence-corrected chi connectivity index (χ3v) is 5.45. The standard InChI is InChI=1S/C17H35N3/c1-5-7-16(4)20-13-17(14-20)12-18-8-10-19(11-9-18)15(3)6-2/h15-17H,5-14H2,1-4H3. The Morgan fingerprint density at radius 3 is 2.10 bits per heavy atom. The molecule has 2 unspecified atom stereocenters. The van der Waals surface area contributed by atoms with Crippen molar-refractivity contribution in [2.24, 2.45) is 5.92 Å². The fourth-order valence-corrected chi connectivity index (χ4v) is 3.70. The second-order valence-corrected chi connectivity index (χ2v) is 7.05. The molecular weight excluding hydrogens is 246 g/mol. The molecule has 2 aliphatic rings. The molecule has 3 heteroatoms. The Labute approximate surface area is 126 Å². The molecule has 2 atom stereocenters. The highest BCUT2D eigenvalue weighted by Crippen LogP contribution is 2.22. The van der Waals surface area contributed by atoms with E-state index in [2.05, 4.69) is 42.4 Å². The van der Waals surface area contributed by atoms with Crippen molar-refractivity contribution in [1.82, 2.24) is 14.7 Å². The summed E-state index contributed by atoms with van der Waals surface area (Å²) < 4.78 is 0. The van der Waals surface area contributed by atoms with E-state index >= 15 is 0 Å². The zero-order valence-corrected chi connectivity index (χ0v) is 14.1. The third-order valence-electron chi connectivity index (χ3n) is 5.45. The minimum absolute atomic E-state index is 0.770. The molecule has 0 aromatic rings. The van der Waals surface area contributed by atoms with Gasteiger partial charge >= 0.3 is 0 Å². The maximum atomic E-state index is 2.70. The van der Waals surface area contributed by atoms with E-state index in [1.807, 2.05) is 0 Å². The van der Waals surface area contributed by atoms with E-state index in [1.165, 1.54) is 65.1 Å². The minimum Gasteiger partial charge on any atom is -0.300 e. The van der Waals surface area contributed by atoms with E-state index in [-0.39, 0.29) is 0 Å². The first kappa shape index (κ1) is 16.3. The normalized spacial score (nSPS) is 26.4. The first-order valence-corrected chi connectivity index (χ1v) is 8.84. The predicted molar refractivity (Wildman–Crippen MR) is 87.2 cm³/mol. The topological polar surface area (TPSA) is 9.72 Å². The smallest absolute Gasteiger partial charge is 0.0113 e. The average Bonchev–Trinajstić information content (AvgIpc) is 2.42. The van der Waals surface area contributed by atoms with Gasteiger partial charge in [0.25, 0.3) is 0 Å². The van der Waals surface area contributed by atoms with Crippen molar-refractivity contribution in [1.29, 1.82) is 0 Å². The SMILES string of the molecule is CCCC(C)N1CC(CN2CCN(C(C)CC)CC2)C1. The second-order valence-electron chi connectivity index (χ2n) is 7.05. The molecule has 2 saturated heterocycles. The first-order chi connectivity index (χ1) is 9.63. The maximum absolute atomic E-state index is 2.70. The number of piperazine rings is 1. The summed E-state index contributed by atoms with van der Waals surface area (Å²) in [5.74, 6) is 0.935. The molecule has 0 aliphatic carbocycles. The summed E-state index contributed by atoms with van der Waals surface area (Å²) >= 11 is 0. The van der Waals surface area contributed by atoms with Gasteiger partial charge in [0.2, 0.25) is 0 Å². The number of hydrogen-bond acceptors (Lipinski definition) is 3. The zero-order chi connectivity index (χ0) is 14.5. The fraction of sp³-hybridized carbons (Fsp3) is 1.00. The first-order valence-electron chi connectivity index (χ1n) is 8.84. The van der Waals surface area contributed by atoms with Gasteiger partial charge in [-0.05, 0) is 32.6 Å². The van der Waals surface area contributed by atoms with Crippen LogP contribution >= 0.6 is 0 Å². The van der Waals surface area contributed by atoms with Gasteiger partial charge in [0.15, 0.2) is 0 Å². The van der Waals surface area contributed by atoms with Crippen molar-refractivity contribution < 1.29 is 0 Å². The van der Waals surface area contributed by atoms with Gasteiger partial charge in [0.05, 0.1) is 0 Å². The highest BCUT2D eigenvalue weighted by atomic mass is 15.3. The van der Waals surface area contributed by atoms with Gasteiger partial charge in [0.1, 0.15) is 0 Å². The van der Waals surface area contributed by atoms with Crippen LogP contribution in [0.25, 0.3) is 0 Å². The lowest BCUT2D eigenvalue weighted by Gasteiger charge is -2.46. The van der Waals surface area contributed by atoms with Crippen molar-refractivity contribution in [3.8, 4) is 0 Å². The van der Waals surface area contributed by atoms with Gasteiger partial charge < -0.3 is 4.90 Å². The van der Waals surface area contributed by atoms with Crippen LogP contribution in [0.15, 0.2) is 0 Å². The molecule has 20 heavy (non-hydrogen) atoms. The van der Waals surface area contributed by atoms with Crippen LogP contribution in [0.4, 0.5) is 0 Å². The van der Waals surface area contributed by atoms with Crippen LogP contribution in [0.3, 0.4) is 0 Å². The molecule has 2 fully saturated rings. The average molecular weight is 281 g/mol. The van der Waals surface area contributed by atoms with E-state index in [9.17, 15) is 0 Å². The van der Waals surface area contributed by atoms with Gasteiger partial charge in [-0.2, -0.15) is 0 Å². The number of nitrogens with zero attached hydrogens (tertiary/aromatic N) is 3. The molecule has 2 rings (SSSR count). The van der Waals surface area contributed by atoms with Crippen molar-refractivity contribution in [3.63, 3.8) is 0 Å². The highest BCUT2D eigenvalue weighted by Gasteiger charge is 2.32. The molecule has 0 bridgehead atoms. The molecule has 2 heterocycles. The van der Waals surface area contributed by atoms with Crippen molar-refractivity contribution in [3.05, 3.63) is 0 Å². The summed E-state index contributed by atoms with van der Waals surface area (Å²) in [6.45, 7) is 18.5. The minimum atomic E-state index is 0.770. The Bertz CT molecular complexity index is 267. The Balaban J connectivity index is 1.61. The molecule has 2 aliphatic heterocycles. The molecule has 0 aromatic carbocycles. The number of likely N-dealkylation sites (tertiary alicyclic amines) is 1. The lowest BCUT2D eigenvalue weighted by Crippen LogP contribution is -2.57. The van der Waals surface area contributed by atoms with Gasteiger partial charge in [-0.1, -0.05) is 20.3 Å². The molecule has 0 amide bonds. The van der Waals surface area contributed by atoms with E-state index in [1.54, 1.807) is 0 Å². The summed E-state index contributed by atoms with van der Waals surface area (Å²) in [5, 5.41) is 0. The van der Waals surface area contributed by atoms with Crippen LogP contribution in [-0.4, -0.2) is 72.6 Å². The van der Waals surface area contributed by atoms with Gasteiger partial charge in [0, 0.05) is 57.9 Å². The molecule has 118 valence electrons. The highest BCUT2D eigenvalue weighted by molar-refractivity contribution is 4.87. The van der Waals surface area contributed by atoms with Gasteiger partial charge in [-0.15, -0.1) is 0 Å². The van der Waals surface area contributed by atoms with Gasteiger partial charge in [-0.3, -0.25) is 9.80 Å². The lowest BCUT2D eigenvalue weighted by molar-refractivity contribution is 0.0169. The van der Waals surface area contributed by atoms with Crippen LogP contribution < -0.4 is 0 Å². The summed E-state index contributed by atoms with van der Waals surface area (Å²) in [5.41, 5.74) is 0. The van der Waals surface area contributed by atoms with Crippen molar-refractivity contribution in [2.75, 3.05) is 45.8 Å². The monoisotopic (exact) mass is 281 g/mol. The summed E-state index contributed by atoms with van der Waals surface area (Å²) in [6, 6.07) is 1.57. The largest absolute Gasteiger partial charge is 0.300 e. The molecule has 0 spiro atoms. The van der Waals surface area contributed by atoms with E-state index in [0.29, 0.717) is 0 Å². The van der Waals surface area contributed by atoms with Crippen LogP contribution in [0, 0.1) is 5.92 Å². The Kier molecular flexibility index (Phi) is 6.31. The van der Waals surface area contributed by atoms with E-state index in [4.69, 9.17) is 0 Å². The maximum Gasteiger partial charge on any atom is 0.0113 e. The van der Waals surface area contributed by atoms with Crippen molar-refractivity contribution in [2.45, 2.75) is 59.0 Å². The summed E-state index contributed by atoms with van der Waals surface area (Å²) in [4.78, 5) is 8.03. The van der Waals surface area contributed by atoms with Crippen LogP contribution in [0.1, 0.15) is 47.0 Å². The molecule has 0 N–H and O–H groups in total. The van der Waals surface area contributed by atoms with Crippen LogP contribution in [0.2, 0.25) is 0 Å². The van der Waals surface area contributed by atoms with Gasteiger partial charge in [-0.25, -0.2) is 0 Å². The molecule has 3 nitrogen and oxygen atoms in total. The van der Waals surface area contributed by atoms with E-state index < -0.39 is 0 Å². The lowest BCUT2D eigenvalue weighted by atomic mass is 9.95. The predicted octanol–water partition coefficient (Wildman–Crippen LogP) is 2.52. The van der Waals surface area contributed by atoms with Crippen molar-refractivity contribution >= 4 is 0 Å². The Morgan fingerprint density at radius 1 is 0.900 bits per heavy atom. The van der Waals surface area contributed by atoms with Crippen LogP contribution in [0.5, 0.6) is 0 Å². The third kappa shape index (κ3) is 4.19. The fourth-order valence-electron chi connectivity index (χ4n) is 3.70. The Hall–Kier alpha value is -0.120. The molecule has 0 aromatic heterocycles. The zero-order valence-electron chi connectivity index (χ0n) is 14.1. The summed E-state index contributed by atoms with van der Waals surface area (Å²) in [6.07, 6.45) is 3.97. The quantitative estimate of drug-likeness (QED) is 0.710. The van der Waals surface area contributed by atoms with Crippen LogP contribution in [-0.2, 0) is 0 Å². The Morgan fingerprint density at radius 2 is 1.55 bits per heavy atom. The number of hydrogen-bond donors (Lipinski definition) is 0. The van der Waals surface area contributed by atoms with E-state index in [0.717, 1.165) is 18.0 Å². The molecular formula is C17H35N3. The molecule has 0 radical (unpaired) electrons. The second kappa shape index (κ2) is 7.77. The number of rotatable bonds is 7. The summed E-state index contributed by atoms with van der Waals surface area (Å²) in [7, 11) is 0.